The Morgan fingerprint density at radius 2 is 2.12 bits per heavy atom. The van der Waals surface area contributed by atoms with Crippen molar-refractivity contribution >= 4 is 11.7 Å². The number of hydrogen-bond donors (Lipinski definition) is 2. The van der Waals surface area contributed by atoms with Crippen molar-refractivity contribution in [1.29, 1.82) is 5.26 Å². The molecular formula is C11H16N4O. The third kappa shape index (κ3) is 2.16. The summed E-state index contributed by atoms with van der Waals surface area (Å²) in [4.78, 5) is 10.6. The molecule has 0 saturated heterocycles. The van der Waals surface area contributed by atoms with Crippen LogP contribution in [0.25, 0.3) is 0 Å². The smallest absolute Gasteiger partial charge is 0.217 e. The van der Waals surface area contributed by atoms with Crippen molar-refractivity contribution in [1.82, 2.24) is 4.57 Å². The average molecular weight is 220 g/mol. The highest BCUT2D eigenvalue weighted by molar-refractivity contribution is 5.73. The van der Waals surface area contributed by atoms with Gasteiger partial charge in [-0.3, -0.25) is 4.79 Å². The monoisotopic (exact) mass is 220 g/mol. The van der Waals surface area contributed by atoms with E-state index in [-0.39, 0.29) is 5.91 Å². The van der Waals surface area contributed by atoms with Gasteiger partial charge in [-0.15, -0.1) is 0 Å². The van der Waals surface area contributed by atoms with Crippen LogP contribution in [0.2, 0.25) is 0 Å². The molecule has 1 amide bonds. The van der Waals surface area contributed by atoms with Crippen molar-refractivity contribution < 1.29 is 4.79 Å². The number of nitrogens with two attached hydrogens (primary N) is 2. The average Bonchev–Trinajstić information content (AvgIpc) is 2.41. The number of carbonyl (C=O) groups is 1. The van der Waals surface area contributed by atoms with E-state index >= 15 is 0 Å². The van der Waals surface area contributed by atoms with Gasteiger partial charge >= 0.3 is 0 Å². The fraction of sp³-hybridized carbons (Fsp3) is 0.455. The zero-order chi connectivity index (χ0) is 12.3. The first-order valence-corrected chi connectivity index (χ1v) is 5.12. The molecule has 1 aromatic rings. The molecule has 0 saturated carbocycles. The van der Waals surface area contributed by atoms with E-state index in [1.54, 1.807) is 0 Å². The third-order valence-electron chi connectivity index (χ3n) is 2.79. The highest BCUT2D eigenvalue weighted by atomic mass is 16.1. The zero-order valence-electron chi connectivity index (χ0n) is 9.58. The standard InChI is InChI=1S/C11H16N4O/c1-7-8(2)15(5-3-4-10(13)16)11(14)9(7)6-12/h3-5,14H2,1-2H3,(H2,13,16). The molecule has 0 spiro atoms. The van der Waals surface area contributed by atoms with Gasteiger partial charge < -0.3 is 16.0 Å². The van der Waals surface area contributed by atoms with Gasteiger partial charge in [0.05, 0.1) is 5.56 Å². The summed E-state index contributed by atoms with van der Waals surface area (Å²) in [6, 6.07) is 2.09. The van der Waals surface area contributed by atoms with Gasteiger partial charge in [-0.1, -0.05) is 0 Å². The van der Waals surface area contributed by atoms with E-state index in [0.29, 0.717) is 30.8 Å². The Bertz CT molecular complexity index is 454. The quantitative estimate of drug-likeness (QED) is 0.786. The van der Waals surface area contributed by atoms with Gasteiger partial charge in [0.15, 0.2) is 0 Å². The van der Waals surface area contributed by atoms with E-state index in [1.165, 1.54) is 0 Å². The van der Waals surface area contributed by atoms with Crippen molar-refractivity contribution in [2.24, 2.45) is 5.73 Å². The van der Waals surface area contributed by atoms with Crippen LogP contribution in [-0.2, 0) is 11.3 Å². The maximum atomic E-state index is 10.6. The van der Waals surface area contributed by atoms with E-state index in [9.17, 15) is 4.79 Å². The Morgan fingerprint density at radius 3 is 2.56 bits per heavy atom. The van der Waals surface area contributed by atoms with Gasteiger partial charge in [0.2, 0.25) is 5.91 Å². The fourth-order valence-electron chi connectivity index (χ4n) is 1.73. The van der Waals surface area contributed by atoms with Crippen molar-refractivity contribution in [3.8, 4) is 6.07 Å². The predicted octanol–water partition coefficient (Wildman–Crippen LogP) is 0.824. The van der Waals surface area contributed by atoms with Crippen molar-refractivity contribution in [2.75, 3.05) is 5.73 Å². The Morgan fingerprint density at radius 1 is 1.50 bits per heavy atom. The molecule has 1 heterocycles. The zero-order valence-corrected chi connectivity index (χ0v) is 9.58. The number of rotatable bonds is 4. The molecule has 0 aliphatic rings. The number of carbonyl (C=O) groups excluding carboxylic acids is 1. The molecule has 0 radical (unpaired) electrons. The van der Waals surface area contributed by atoms with Gasteiger partial charge in [-0.2, -0.15) is 5.26 Å². The molecule has 0 aliphatic carbocycles. The first-order chi connectivity index (χ1) is 7.49. The van der Waals surface area contributed by atoms with Gasteiger partial charge in [0.25, 0.3) is 0 Å². The molecule has 5 heteroatoms. The second kappa shape index (κ2) is 4.71. The summed E-state index contributed by atoms with van der Waals surface area (Å²) in [5, 5.41) is 8.93. The Labute approximate surface area is 94.6 Å². The van der Waals surface area contributed by atoms with E-state index in [1.807, 2.05) is 18.4 Å². The van der Waals surface area contributed by atoms with E-state index in [0.717, 1.165) is 11.3 Å². The second-order valence-electron chi connectivity index (χ2n) is 3.80. The van der Waals surface area contributed by atoms with Crippen molar-refractivity contribution in [3.05, 3.63) is 16.8 Å². The number of nitriles is 1. The van der Waals surface area contributed by atoms with Crippen LogP contribution in [0.3, 0.4) is 0 Å². The molecule has 5 nitrogen and oxygen atoms in total. The van der Waals surface area contributed by atoms with Crippen LogP contribution < -0.4 is 11.5 Å². The lowest BCUT2D eigenvalue weighted by molar-refractivity contribution is -0.118. The molecule has 0 fully saturated rings. The number of nitrogen functional groups attached to an aromatic ring is 1. The number of anilines is 1. The molecule has 4 N–H and O–H groups in total. The first kappa shape index (κ1) is 12.1. The van der Waals surface area contributed by atoms with Crippen LogP contribution in [0, 0.1) is 25.2 Å². The fourth-order valence-corrected chi connectivity index (χ4v) is 1.73. The van der Waals surface area contributed by atoms with Crippen LogP contribution in [0.15, 0.2) is 0 Å². The number of aromatic nitrogens is 1. The third-order valence-corrected chi connectivity index (χ3v) is 2.79. The Balaban J connectivity index is 2.89. The van der Waals surface area contributed by atoms with Gasteiger partial charge in [-0.25, -0.2) is 0 Å². The predicted molar refractivity (Wildman–Crippen MR) is 61.5 cm³/mol. The van der Waals surface area contributed by atoms with Gasteiger partial charge in [0.1, 0.15) is 11.9 Å². The summed E-state index contributed by atoms with van der Waals surface area (Å²) >= 11 is 0. The Hall–Kier alpha value is -1.96. The van der Waals surface area contributed by atoms with Crippen LogP contribution >= 0.6 is 0 Å². The van der Waals surface area contributed by atoms with Crippen LogP contribution in [0.4, 0.5) is 5.82 Å². The normalized spacial score (nSPS) is 10.1. The number of primary amides is 1. The number of nitrogens with zero attached hydrogens (tertiary/aromatic N) is 2. The van der Waals surface area contributed by atoms with Crippen LogP contribution in [0.1, 0.15) is 29.7 Å². The number of hydrogen-bond acceptors (Lipinski definition) is 3. The molecule has 16 heavy (non-hydrogen) atoms. The molecule has 1 aromatic heterocycles. The maximum absolute atomic E-state index is 10.6. The summed E-state index contributed by atoms with van der Waals surface area (Å²) < 4.78 is 1.86. The summed E-state index contributed by atoms with van der Waals surface area (Å²) in [6.45, 7) is 4.40. The molecular weight excluding hydrogens is 204 g/mol. The van der Waals surface area contributed by atoms with Crippen molar-refractivity contribution in [3.63, 3.8) is 0 Å². The second-order valence-corrected chi connectivity index (χ2v) is 3.80. The van der Waals surface area contributed by atoms with Crippen LogP contribution in [0.5, 0.6) is 0 Å². The first-order valence-electron chi connectivity index (χ1n) is 5.12. The minimum absolute atomic E-state index is 0.319. The summed E-state index contributed by atoms with van der Waals surface area (Å²) in [5.74, 6) is 0.155. The maximum Gasteiger partial charge on any atom is 0.217 e. The molecule has 0 atom stereocenters. The molecule has 0 bridgehead atoms. The Kier molecular flexibility index (Phi) is 3.56. The van der Waals surface area contributed by atoms with E-state index in [4.69, 9.17) is 16.7 Å². The van der Waals surface area contributed by atoms with E-state index in [2.05, 4.69) is 6.07 Å². The lowest BCUT2D eigenvalue weighted by Crippen LogP contribution is -2.12. The highest BCUT2D eigenvalue weighted by Gasteiger charge is 2.14. The SMILES string of the molecule is Cc1c(C#N)c(N)n(CCCC(N)=O)c1C. The van der Waals surface area contributed by atoms with Gasteiger partial charge in [0, 0.05) is 18.7 Å². The summed E-state index contributed by atoms with van der Waals surface area (Å²) in [6.07, 6.45) is 0.970. The lowest BCUT2D eigenvalue weighted by Gasteiger charge is -2.07. The molecule has 0 aliphatic heterocycles. The largest absolute Gasteiger partial charge is 0.384 e. The topological polar surface area (TPSA) is 97.8 Å². The van der Waals surface area contributed by atoms with E-state index < -0.39 is 0 Å². The minimum Gasteiger partial charge on any atom is -0.384 e. The molecule has 1 rings (SSSR count). The van der Waals surface area contributed by atoms with Crippen molar-refractivity contribution in [2.45, 2.75) is 33.2 Å². The number of amides is 1. The molecule has 0 unspecified atom stereocenters. The molecule has 86 valence electrons. The van der Waals surface area contributed by atoms with Crippen LogP contribution in [-0.4, -0.2) is 10.5 Å². The van der Waals surface area contributed by atoms with Gasteiger partial charge in [-0.05, 0) is 25.8 Å². The lowest BCUT2D eigenvalue weighted by atomic mass is 10.2. The summed E-state index contributed by atoms with van der Waals surface area (Å²) in [7, 11) is 0. The summed E-state index contributed by atoms with van der Waals surface area (Å²) in [5.41, 5.74) is 13.3. The molecule has 0 aromatic carbocycles. The highest BCUT2D eigenvalue weighted by Crippen LogP contribution is 2.23. The minimum atomic E-state index is -0.319.